The summed E-state index contributed by atoms with van der Waals surface area (Å²) in [6.45, 7) is 2.08. The summed E-state index contributed by atoms with van der Waals surface area (Å²) in [6, 6.07) is 7.63. The zero-order valence-corrected chi connectivity index (χ0v) is 10.6. The Bertz CT molecular complexity index is 573. The van der Waals surface area contributed by atoms with Crippen LogP contribution in [0.15, 0.2) is 30.5 Å². The number of rotatable bonds is 4. The summed E-state index contributed by atoms with van der Waals surface area (Å²) < 4.78 is 1.86. The van der Waals surface area contributed by atoms with Crippen LogP contribution in [-0.4, -0.2) is 20.9 Å². The van der Waals surface area contributed by atoms with Crippen molar-refractivity contribution in [2.24, 2.45) is 7.05 Å². The zero-order chi connectivity index (χ0) is 13.1. The Kier molecular flexibility index (Phi) is 3.46. The third-order valence-electron chi connectivity index (χ3n) is 2.99. The van der Waals surface area contributed by atoms with Gasteiger partial charge in [-0.1, -0.05) is 31.2 Å². The summed E-state index contributed by atoms with van der Waals surface area (Å²) in [4.78, 5) is 10.7. The molecule has 0 aliphatic rings. The van der Waals surface area contributed by atoms with Crippen LogP contribution in [0, 0.1) is 0 Å². The highest BCUT2D eigenvalue weighted by Crippen LogP contribution is 2.24. The molecule has 4 heteroatoms. The number of aryl methyl sites for hydroxylation is 1. The van der Waals surface area contributed by atoms with Crippen molar-refractivity contribution in [3.8, 4) is 11.1 Å². The lowest BCUT2D eigenvalue weighted by molar-refractivity contribution is -0.136. The van der Waals surface area contributed by atoms with Gasteiger partial charge in [-0.3, -0.25) is 9.48 Å². The standard InChI is InChI=1S/C14H16N2O2/c1-3-13-12(9-15-16(13)2)11-6-4-5-10(7-11)8-14(17)18/h4-7,9H,3,8H2,1-2H3,(H,17,18). The maximum atomic E-state index is 10.7. The van der Waals surface area contributed by atoms with Crippen LogP contribution in [0.25, 0.3) is 11.1 Å². The Morgan fingerprint density at radius 3 is 2.89 bits per heavy atom. The SMILES string of the molecule is CCc1c(-c2cccc(CC(=O)O)c2)cnn1C. The zero-order valence-electron chi connectivity index (χ0n) is 10.6. The van der Waals surface area contributed by atoms with Crippen LogP contribution in [0.5, 0.6) is 0 Å². The van der Waals surface area contributed by atoms with Gasteiger partial charge >= 0.3 is 5.97 Å². The van der Waals surface area contributed by atoms with E-state index < -0.39 is 5.97 Å². The molecule has 0 bridgehead atoms. The molecular formula is C14H16N2O2. The number of aromatic nitrogens is 2. The fourth-order valence-electron chi connectivity index (χ4n) is 2.15. The van der Waals surface area contributed by atoms with Gasteiger partial charge in [0.2, 0.25) is 0 Å². The van der Waals surface area contributed by atoms with Gasteiger partial charge in [0.25, 0.3) is 0 Å². The van der Waals surface area contributed by atoms with E-state index in [-0.39, 0.29) is 6.42 Å². The van der Waals surface area contributed by atoms with Crippen LogP contribution >= 0.6 is 0 Å². The van der Waals surface area contributed by atoms with Crippen molar-refractivity contribution in [1.82, 2.24) is 9.78 Å². The van der Waals surface area contributed by atoms with Crippen molar-refractivity contribution >= 4 is 5.97 Å². The molecule has 4 nitrogen and oxygen atoms in total. The first-order valence-electron chi connectivity index (χ1n) is 5.93. The molecule has 0 atom stereocenters. The number of hydrogen-bond donors (Lipinski definition) is 1. The van der Waals surface area contributed by atoms with E-state index in [0.717, 1.165) is 28.8 Å². The quantitative estimate of drug-likeness (QED) is 0.897. The summed E-state index contributed by atoms with van der Waals surface area (Å²) in [6.07, 6.45) is 2.78. The van der Waals surface area contributed by atoms with E-state index in [2.05, 4.69) is 12.0 Å². The average Bonchev–Trinajstić information content (AvgIpc) is 2.70. The third kappa shape index (κ3) is 2.42. The number of benzene rings is 1. The number of nitrogens with zero attached hydrogens (tertiary/aromatic N) is 2. The molecule has 0 aliphatic carbocycles. The van der Waals surface area contributed by atoms with E-state index in [1.165, 1.54) is 0 Å². The van der Waals surface area contributed by atoms with Crippen molar-refractivity contribution in [3.05, 3.63) is 41.7 Å². The first-order chi connectivity index (χ1) is 8.61. The maximum absolute atomic E-state index is 10.7. The van der Waals surface area contributed by atoms with Crippen LogP contribution in [-0.2, 0) is 24.7 Å². The molecule has 0 fully saturated rings. The Balaban J connectivity index is 2.41. The van der Waals surface area contributed by atoms with Crippen molar-refractivity contribution in [2.45, 2.75) is 19.8 Å². The lowest BCUT2D eigenvalue weighted by Crippen LogP contribution is -2.00. The molecule has 1 heterocycles. The van der Waals surface area contributed by atoms with Crippen LogP contribution in [0.3, 0.4) is 0 Å². The Morgan fingerprint density at radius 1 is 1.44 bits per heavy atom. The molecule has 2 aromatic rings. The van der Waals surface area contributed by atoms with Gasteiger partial charge in [0.1, 0.15) is 0 Å². The predicted octanol–water partition coefficient (Wildman–Crippen LogP) is 2.28. The van der Waals surface area contributed by atoms with Crippen LogP contribution in [0.2, 0.25) is 0 Å². The van der Waals surface area contributed by atoms with Gasteiger partial charge in [0.05, 0.1) is 12.6 Å². The summed E-state index contributed by atoms with van der Waals surface area (Å²) >= 11 is 0. The van der Waals surface area contributed by atoms with Crippen molar-refractivity contribution in [3.63, 3.8) is 0 Å². The molecule has 1 aromatic heterocycles. The van der Waals surface area contributed by atoms with Crippen molar-refractivity contribution < 1.29 is 9.90 Å². The second-order valence-corrected chi connectivity index (χ2v) is 4.25. The van der Waals surface area contributed by atoms with Crippen molar-refractivity contribution in [1.29, 1.82) is 0 Å². The molecule has 1 N–H and O–H groups in total. The lowest BCUT2D eigenvalue weighted by atomic mass is 10.0. The summed E-state index contributed by atoms with van der Waals surface area (Å²) in [7, 11) is 1.92. The second kappa shape index (κ2) is 5.04. The van der Waals surface area contributed by atoms with Gasteiger partial charge in [-0.05, 0) is 17.5 Å². The molecule has 2 rings (SSSR count). The first kappa shape index (κ1) is 12.4. The summed E-state index contributed by atoms with van der Waals surface area (Å²) in [5.74, 6) is -0.811. The minimum Gasteiger partial charge on any atom is -0.481 e. The molecule has 0 saturated carbocycles. The van der Waals surface area contributed by atoms with E-state index in [4.69, 9.17) is 5.11 Å². The molecule has 0 spiro atoms. The van der Waals surface area contributed by atoms with Gasteiger partial charge in [-0.15, -0.1) is 0 Å². The maximum Gasteiger partial charge on any atom is 0.307 e. The molecule has 0 unspecified atom stereocenters. The molecule has 0 amide bonds. The summed E-state index contributed by atoms with van der Waals surface area (Å²) in [5.41, 5.74) is 4.07. The number of hydrogen-bond acceptors (Lipinski definition) is 2. The Labute approximate surface area is 106 Å². The normalized spacial score (nSPS) is 10.6. The second-order valence-electron chi connectivity index (χ2n) is 4.25. The molecule has 0 aliphatic heterocycles. The van der Waals surface area contributed by atoms with Crippen LogP contribution in [0.4, 0.5) is 0 Å². The highest BCUT2D eigenvalue weighted by molar-refractivity contribution is 5.72. The Hall–Kier alpha value is -2.10. The van der Waals surface area contributed by atoms with E-state index in [9.17, 15) is 4.79 Å². The molecule has 0 saturated heterocycles. The van der Waals surface area contributed by atoms with E-state index in [1.807, 2.05) is 42.2 Å². The van der Waals surface area contributed by atoms with Crippen molar-refractivity contribution in [2.75, 3.05) is 0 Å². The highest BCUT2D eigenvalue weighted by atomic mass is 16.4. The van der Waals surface area contributed by atoms with E-state index >= 15 is 0 Å². The molecule has 94 valence electrons. The first-order valence-corrected chi connectivity index (χ1v) is 5.93. The molecule has 1 aromatic carbocycles. The van der Waals surface area contributed by atoms with Crippen LogP contribution < -0.4 is 0 Å². The van der Waals surface area contributed by atoms with Gasteiger partial charge in [0, 0.05) is 18.3 Å². The largest absolute Gasteiger partial charge is 0.481 e. The topological polar surface area (TPSA) is 55.1 Å². The smallest absolute Gasteiger partial charge is 0.307 e. The van der Waals surface area contributed by atoms with Gasteiger partial charge in [-0.2, -0.15) is 5.10 Å². The van der Waals surface area contributed by atoms with Crippen LogP contribution in [0.1, 0.15) is 18.2 Å². The molecular weight excluding hydrogens is 228 g/mol. The minimum atomic E-state index is -0.811. The summed E-state index contributed by atoms with van der Waals surface area (Å²) in [5, 5.41) is 13.1. The minimum absolute atomic E-state index is 0.0512. The number of aliphatic carboxylic acids is 1. The monoisotopic (exact) mass is 244 g/mol. The fraction of sp³-hybridized carbons (Fsp3) is 0.286. The lowest BCUT2D eigenvalue weighted by Gasteiger charge is -2.05. The highest BCUT2D eigenvalue weighted by Gasteiger charge is 2.10. The molecule has 0 radical (unpaired) electrons. The predicted molar refractivity (Wildman–Crippen MR) is 69.4 cm³/mol. The van der Waals surface area contributed by atoms with Gasteiger partial charge < -0.3 is 5.11 Å². The fourth-order valence-corrected chi connectivity index (χ4v) is 2.15. The van der Waals surface area contributed by atoms with Gasteiger partial charge in [0.15, 0.2) is 0 Å². The third-order valence-corrected chi connectivity index (χ3v) is 2.99. The Morgan fingerprint density at radius 2 is 2.22 bits per heavy atom. The number of carboxylic acid groups (broad SMARTS) is 1. The number of carbonyl (C=O) groups is 1. The van der Waals surface area contributed by atoms with E-state index in [0.29, 0.717) is 0 Å². The van der Waals surface area contributed by atoms with E-state index in [1.54, 1.807) is 0 Å². The molecule has 18 heavy (non-hydrogen) atoms. The average molecular weight is 244 g/mol. The van der Waals surface area contributed by atoms with Gasteiger partial charge in [-0.25, -0.2) is 0 Å². The number of carboxylic acids is 1.